The molecule has 30 heavy (non-hydrogen) atoms. The van der Waals surface area contributed by atoms with E-state index in [-0.39, 0.29) is 18.2 Å². The second kappa shape index (κ2) is 8.26. The first-order valence-electron chi connectivity index (χ1n) is 10.4. The van der Waals surface area contributed by atoms with Gasteiger partial charge >= 0.3 is 0 Å². The zero-order valence-electron chi connectivity index (χ0n) is 17.0. The highest BCUT2D eigenvalue weighted by Gasteiger charge is 2.43. The fourth-order valence-electron chi connectivity index (χ4n) is 4.93. The molecule has 0 spiro atoms. The molecule has 1 heterocycles. The molecule has 2 N–H and O–H groups in total. The molecule has 1 aromatic rings. The third kappa shape index (κ3) is 3.54. The number of halogens is 1. The first-order valence-corrected chi connectivity index (χ1v) is 10.8. The van der Waals surface area contributed by atoms with Gasteiger partial charge in [-0.15, -0.1) is 0 Å². The molecule has 0 aromatic heterocycles. The molecular weight excluding hydrogens is 404 g/mol. The minimum Gasteiger partial charge on any atom is -0.483 e. The van der Waals surface area contributed by atoms with Gasteiger partial charge in [-0.25, -0.2) is 0 Å². The van der Waals surface area contributed by atoms with Crippen molar-refractivity contribution in [3.05, 3.63) is 51.3 Å². The summed E-state index contributed by atoms with van der Waals surface area (Å²) in [5, 5.41) is 0.477. The Kier molecular flexibility index (Phi) is 5.69. The Bertz CT molecular complexity index is 951. The molecule has 0 unspecified atom stereocenters. The van der Waals surface area contributed by atoms with E-state index in [9.17, 15) is 14.4 Å². The molecule has 7 heteroatoms. The number of amides is 1. The van der Waals surface area contributed by atoms with Crippen LogP contribution < -0.4 is 10.5 Å². The van der Waals surface area contributed by atoms with Crippen molar-refractivity contribution in [3.8, 4) is 5.75 Å². The predicted molar refractivity (Wildman–Crippen MR) is 113 cm³/mol. The van der Waals surface area contributed by atoms with Crippen molar-refractivity contribution in [2.75, 3.05) is 13.2 Å². The number of rotatable bonds is 5. The second-order valence-corrected chi connectivity index (χ2v) is 8.33. The Balaban J connectivity index is 1.95. The molecule has 0 saturated heterocycles. The Morgan fingerprint density at radius 2 is 1.70 bits per heavy atom. The smallest absolute Gasteiger partial charge is 0.255 e. The van der Waals surface area contributed by atoms with Crippen LogP contribution in [0.25, 0.3) is 0 Å². The number of primary amides is 1. The summed E-state index contributed by atoms with van der Waals surface area (Å²) in [6.07, 6.45) is 4.13. The summed E-state index contributed by atoms with van der Waals surface area (Å²) >= 11 is 6.32. The van der Waals surface area contributed by atoms with Crippen LogP contribution in [0, 0.1) is 0 Å². The zero-order valence-corrected chi connectivity index (χ0v) is 17.8. The molecule has 1 aromatic carbocycles. The van der Waals surface area contributed by atoms with Crippen LogP contribution in [0.5, 0.6) is 5.75 Å². The maximum atomic E-state index is 13.2. The molecular formula is C23H25ClN2O4. The van der Waals surface area contributed by atoms with Crippen LogP contribution in [0.1, 0.15) is 56.9 Å². The van der Waals surface area contributed by atoms with E-state index >= 15 is 0 Å². The summed E-state index contributed by atoms with van der Waals surface area (Å²) in [7, 11) is 0. The zero-order chi connectivity index (χ0) is 21.4. The lowest BCUT2D eigenvalue weighted by Gasteiger charge is -2.43. The molecule has 2 aliphatic carbocycles. The van der Waals surface area contributed by atoms with Gasteiger partial charge in [0.25, 0.3) is 5.91 Å². The van der Waals surface area contributed by atoms with Gasteiger partial charge < -0.3 is 15.4 Å². The molecule has 0 atom stereocenters. The number of nitrogens with zero attached hydrogens (tertiary/aromatic N) is 1. The summed E-state index contributed by atoms with van der Waals surface area (Å²) in [5.41, 5.74) is 9.27. The highest BCUT2D eigenvalue weighted by molar-refractivity contribution is 6.30. The maximum Gasteiger partial charge on any atom is 0.255 e. The number of ether oxygens (including phenoxy) is 1. The first-order chi connectivity index (χ1) is 14.4. The lowest BCUT2D eigenvalue weighted by Crippen LogP contribution is -2.39. The molecule has 3 aliphatic rings. The van der Waals surface area contributed by atoms with Gasteiger partial charge in [0.1, 0.15) is 5.75 Å². The van der Waals surface area contributed by atoms with Crippen molar-refractivity contribution >= 4 is 29.1 Å². The van der Waals surface area contributed by atoms with Gasteiger partial charge in [-0.1, -0.05) is 11.6 Å². The van der Waals surface area contributed by atoms with Crippen molar-refractivity contribution in [2.45, 2.75) is 51.4 Å². The molecule has 0 bridgehead atoms. The molecule has 158 valence electrons. The Morgan fingerprint density at radius 1 is 1.10 bits per heavy atom. The number of hydrogen-bond acceptors (Lipinski definition) is 5. The maximum absolute atomic E-state index is 13.2. The van der Waals surface area contributed by atoms with E-state index in [4.69, 9.17) is 22.1 Å². The van der Waals surface area contributed by atoms with Gasteiger partial charge in [0, 0.05) is 58.4 Å². The number of carbonyl (C=O) groups excluding carboxylic acids is 3. The topological polar surface area (TPSA) is 89.7 Å². The summed E-state index contributed by atoms with van der Waals surface area (Å²) in [6.45, 7) is 2.47. The molecule has 1 amide bonds. The standard InChI is InChI=1S/C23H25ClN2O4/c1-2-26-15-5-3-7-17(27)22(15)21(23-16(26)6-4-8-18(23)28)14-11-13(24)9-10-19(14)30-12-20(25)29/h9-11,21H,2-8,12H2,1H3,(H2,25,29). The third-order valence-electron chi connectivity index (χ3n) is 6.06. The number of hydrogen-bond donors (Lipinski definition) is 1. The summed E-state index contributed by atoms with van der Waals surface area (Å²) in [5.74, 6) is -0.585. The SMILES string of the molecule is CCN1C2=C(C(=O)CCC2)C(c2cc(Cl)ccc2OCC(N)=O)C2=C1CCCC2=O. The van der Waals surface area contributed by atoms with Gasteiger partial charge in [0.2, 0.25) is 0 Å². The Morgan fingerprint density at radius 3 is 2.23 bits per heavy atom. The van der Waals surface area contributed by atoms with Crippen LogP contribution in [0.2, 0.25) is 5.02 Å². The van der Waals surface area contributed by atoms with Gasteiger partial charge in [-0.3, -0.25) is 14.4 Å². The number of Topliss-reactive ketones (excluding diaryl/α,β-unsaturated/α-hetero) is 2. The van der Waals surface area contributed by atoms with Crippen molar-refractivity contribution in [3.63, 3.8) is 0 Å². The normalized spacial score (nSPS) is 19.7. The van der Waals surface area contributed by atoms with E-state index in [2.05, 4.69) is 11.8 Å². The molecule has 4 rings (SSSR count). The van der Waals surface area contributed by atoms with E-state index in [1.807, 2.05) is 0 Å². The fourth-order valence-corrected chi connectivity index (χ4v) is 5.11. The average molecular weight is 429 g/mol. The molecule has 0 radical (unpaired) electrons. The first kappa shape index (κ1) is 20.7. The number of ketones is 2. The van der Waals surface area contributed by atoms with Crippen LogP contribution in [-0.2, 0) is 14.4 Å². The van der Waals surface area contributed by atoms with Crippen molar-refractivity contribution in [2.24, 2.45) is 5.73 Å². The molecule has 1 aliphatic heterocycles. The fraction of sp³-hybridized carbons (Fsp3) is 0.435. The van der Waals surface area contributed by atoms with Crippen molar-refractivity contribution < 1.29 is 19.1 Å². The lowest BCUT2D eigenvalue weighted by atomic mass is 9.70. The van der Waals surface area contributed by atoms with Crippen LogP contribution in [0.4, 0.5) is 0 Å². The highest BCUT2D eigenvalue weighted by Crippen LogP contribution is 2.51. The van der Waals surface area contributed by atoms with Crippen LogP contribution >= 0.6 is 11.6 Å². The van der Waals surface area contributed by atoms with E-state index in [0.29, 0.717) is 46.9 Å². The number of carbonyl (C=O) groups is 3. The minimum absolute atomic E-state index is 0.0606. The van der Waals surface area contributed by atoms with Gasteiger partial charge in [0.15, 0.2) is 18.2 Å². The number of allylic oxidation sites excluding steroid dienone is 4. The van der Waals surface area contributed by atoms with E-state index in [0.717, 1.165) is 37.1 Å². The Hall–Kier alpha value is -2.60. The molecule has 0 saturated carbocycles. The van der Waals surface area contributed by atoms with Crippen LogP contribution in [-0.4, -0.2) is 35.5 Å². The second-order valence-electron chi connectivity index (χ2n) is 7.89. The van der Waals surface area contributed by atoms with Crippen LogP contribution in [0.3, 0.4) is 0 Å². The summed E-state index contributed by atoms with van der Waals surface area (Å²) in [4.78, 5) is 39.8. The number of nitrogens with two attached hydrogens (primary N) is 1. The quantitative estimate of drug-likeness (QED) is 0.773. The van der Waals surface area contributed by atoms with Gasteiger partial charge in [-0.2, -0.15) is 0 Å². The summed E-state index contributed by atoms with van der Waals surface area (Å²) < 4.78 is 5.68. The highest BCUT2D eigenvalue weighted by atomic mass is 35.5. The largest absolute Gasteiger partial charge is 0.483 e. The Labute approximate surface area is 180 Å². The van der Waals surface area contributed by atoms with Gasteiger partial charge in [-0.05, 0) is 50.8 Å². The van der Waals surface area contributed by atoms with E-state index in [1.165, 1.54) is 0 Å². The summed E-state index contributed by atoms with van der Waals surface area (Å²) in [6, 6.07) is 5.08. The van der Waals surface area contributed by atoms with E-state index < -0.39 is 11.8 Å². The monoisotopic (exact) mass is 428 g/mol. The molecule has 0 fully saturated rings. The van der Waals surface area contributed by atoms with Gasteiger partial charge in [0.05, 0.1) is 0 Å². The number of benzene rings is 1. The van der Waals surface area contributed by atoms with Crippen molar-refractivity contribution in [1.82, 2.24) is 4.90 Å². The third-order valence-corrected chi connectivity index (χ3v) is 6.29. The van der Waals surface area contributed by atoms with Crippen molar-refractivity contribution in [1.29, 1.82) is 0 Å². The minimum atomic E-state index is -0.598. The van der Waals surface area contributed by atoms with Crippen LogP contribution in [0.15, 0.2) is 40.7 Å². The lowest BCUT2D eigenvalue weighted by molar-refractivity contribution is -0.120. The van der Waals surface area contributed by atoms with E-state index in [1.54, 1.807) is 18.2 Å². The molecule has 6 nitrogen and oxygen atoms in total. The predicted octanol–water partition coefficient (Wildman–Crippen LogP) is 3.64. The average Bonchev–Trinajstić information content (AvgIpc) is 2.71.